The van der Waals surface area contributed by atoms with Crippen LogP contribution in [0.15, 0.2) is 78.9 Å². The number of benzene rings is 3. The lowest BCUT2D eigenvalue weighted by molar-refractivity contribution is -0.152. The van der Waals surface area contributed by atoms with Gasteiger partial charge in [-0.1, -0.05) is 78.9 Å². The summed E-state index contributed by atoms with van der Waals surface area (Å²) in [6, 6.07) is 23.6. The molecule has 9 heteroatoms. The molecule has 218 valence electrons. The molecule has 1 saturated heterocycles. The van der Waals surface area contributed by atoms with Crippen LogP contribution in [-0.2, 0) is 25.7 Å². The number of fused-ring (bicyclic) bond motifs is 3. The predicted octanol–water partition coefficient (Wildman–Crippen LogP) is 5.26. The van der Waals surface area contributed by atoms with Crippen LogP contribution in [0.1, 0.15) is 42.4 Å². The number of carboxylic acid groups (broad SMARTS) is 1. The molecule has 3 aromatic rings. The second-order valence-electron chi connectivity index (χ2n) is 11.1. The number of hydrogen-bond donors (Lipinski definition) is 2. The fraction of sp³-hybridized carbons (Fsp3) is 0.364. The third-order valence-electron chi connectivity index (χ3n) is 8.31. The van der Waals surface area contributed by atoms with E-state index in [9.17, 15) is 19.5 Å². The molecule has 1 saturated carbocycles. The molecule has 0 bridgehead atoms. The van der Waals surface area contributed by atoms with Gasteiger partial charge in [-0.15, -0.1) is 11.8 Å². The topological polar surface area (TPSA) is 105 Å². The highest BCUT2D eigenvalue weighted by Gasteiger charge is 2.50. The second-order valence-corrected chi connectivity index (χ2v) is 12.3. The molecule has 0 aromatic heterocycles. The molecule has 4 atom stereocenters. The standard InChI is InChI=1S/C33H34N2O6S/c1-20(40-17-21-9-3-2-4-10-21)29(30(36)35-28(32(37)38)19-42-31(35)22-15-16-22)34-33(39)41-18-27-25-13-7-5-11-23(25)24-12-6-8-14-26(24)27/h2-14,20,22,27-29,31H,15-19H2,1H3,(H,34,39)(H,37,38). The van der Waals surface area contributed by atoms with Gasteiger partial charge in [-0.2, -0.15) is 0 Å². The van der Waals surface area contributed by atoms with E-state index < -0.39 is 36.2 Å². The number of carboxylic acids is 1. The van der Waals surface area contributed by atoms with Crippen molar-refractivity contribution in [2.45, 2.75) is 55.9 Å². The first-order chi connectivity index (χ1) is 20.4. The first kappa shape index (κ1) is 28.3. The lowest BCUT2D eigenvalue weighted by Gasteiger charge is -2.33. The first-order valence-corrected chi connectivity index (χ1v) is 15.4. The van der Waals surface area contributed by atoms with Crippen LogP contribution in [0.25, 0.3) is 11.1 Å². The van der Waals surface area contributed by atoms with E-state index in [1.54, 1.807) is 6.92 Å². The molecule has 42 heavy (non-hydrogen) atoms. The van der Waals surface area contributed by atoms with Gasteiger partial charge in [-0.25, -0.2) is 9.59 Å². The van der Waals surface area contributed by atoms with Crippen molar-refractivity contribution in [3.8, 4) is 11.1 Å². The molecule has 1 aliphatic heterocycles. The van der Waals surface area contributed by atoms with Crippen LogP contribution in [0.5, 0.6) is 0 Å². The van der Waals surface area contributed by atoms with E-state index in [1.807, 2.05) is 66.7 Å². The van der Waals surface area contributed by atoms with Crippen LogP contribution in [0, 0.1) is 5.92 Å². The van der Waals surface area contributed by atoms with E-state index in [4.69, 9.17) is 9.47 Å². The number of nitrogens with zero attached hydrogens (tertiary/aromatic N) is 1. The van der Waals surface area contributed by atoms with Crippen molar-refractivity contribution in [1.29, 1.82) is 0 Å². The van der Waals surface area contributed by atoms with Gasteiger partial charge in [0.25, 0.3) is 0 Å². The zero-order valence-electron chi connectivity index (χ0n) is 23.3. The van der Waals surface area contributed by atoms with Gasteiger partial charge in [0, 0.05) is 11.7 Å². The van der Waals surface area contributed by atoms with Crippen molar-refractivity contribution >= 4 is 29.7 Å². The minimum atomic E-state index is -1.12. The Balaban J connectivity index is 1.20. The van der Waals surface area contributed by atoms with Gasteiger partial charge in [0.2, 0.25) is 5.91 Å². The molecule has 2 fully saturated rings. The summed E-state index contributed by atoms with van der Waals surface area (Å²) in [5.41, 5.74) is 5.34. The maximum absolute atomic E-state index is 14.1. The fourth-order valence-corrected chi connectivity index (χ4v) is 7.59. The van der Waals surface area contributed by atoms with Crippen LogP contribution in [0.4, 0.5) is 4.79 Å². The minimum Gasteiger partial charge on any atom is -0.480 e. The number of ether oxygens (including phenoxy) is 2. The lowest BCUT2D eigenvalue weighted by Crippen LogP contribution is -2.58. The van der Waals surface area contributed by atoms with Crippen molar-refractivity contribution in [3.05, 3.63) is 95.6 Å². The third-order valence-corrected chi connectivity index (χ3v) is 9.77. The van der Waals surface area contributed by atoms with Gasteiger partial charge in [0.15, 0.2) is 0 Å². The summed E-state index contributed by atoms with van der Waals surface area (Å²) in [6.07, 6.45) is 0.432. The third kappa shape index (κ3) is 5.76. The highest BCUT2D eigenvalue weighted by molar-refractivity contribution is 8.00. The molecule has 8 nitrogen and oxygen atoms in total. The summed E-state index contributed by atoms with van der Waals surface area (Å²) in [7, 11) is 0. The van der Waals surface area contributed by atoms with Crippen LogP contribution >= 0.6 is 11.8 Å². The minimum absolute atomic E-state index is 0.0992. The van der Waals surface area contributed by atoms with E-state index in [1.165, 1.54) is 16.7 Å². The fourth-order valence-electron chi connectivity index (χ4n) is 5.95. The molecule has 1 heterocycles. The normalized spacial score (nSPS) is 20.8. The van der Waals surface area contributed by atoms with E-state index in [0.717, 1.165) is 40.7 Å². The molecule has 3 aliphatic rings. The number of nitrogens with one attached hydrogen (secondary N) is 1. The maximum atomic E-state index is 14.1. The molecule has 0 radical (unpaired) electrons. The highest BCUT2D eigenvalue weighted by atomic mass is 32.2. The van der Waals surface area contributed by atoms with Crippen LogP contribution < -0.4 is 5.32 Å². The number of carbonyl (C=O) groups is 3. The van der Waals surface area contributed by atoms with Crippen molar-refractivity contribution in [2.75, 3.05) is 12.4 Å². The Morgan fingerprint density at radius 2 is 1.57 bits per heavy atom. The Bertz CT molecular complexity index is 1420. The van der Waals surface area contributed by atoms with Crippen molar-refractivity contribution < 1.29 is 29.0 Å². The number of carbonyl (C=O) groups excluding carboxylic acids is 2. The van der Waals surface area contributed by atoms with Crippen LogP contribution in [0.3, 0.4) is 0 Å². The number of amides is 2. The molecule has 3 aromatic carbocycles. The zero-order valence-corrected chi connectivity index (χ0v) is 24.2. The Labute approximate surface area is 249 Å². The van der Waals surface area contributed by atoms with E-state index in [2.05, 4.69) is 17.4 Å². The molecular formula is C33H34N2O6S. The Morgan fingerprint density at radius 3 is 2.19 bits per heavy atom. The quantitative estimate of drug-likeness (QED) is 0.334. The average Bonchev–Trinajstić information content (AvgIpc) is 3.67. The zero-order chi connectivity index (χ0) is 29.2. The van der Waals surface area contributed by atoms with Crippen molar-refractivity contribution in [1.82, 2.24) is 10.2 Å². The SMILES string of the molecule is CC(OCc1ccccc1)C(NC(=O)OCC1c2ccccc2-c2ccccc21)C(=O)N1C(C(=O)O)CSC1C1CC1. The smallest absolute Gasteiger partial charge is 0.407 e. The maximum Gasteiger partial charge on any atom is 0.407 e. The monoisotopic (exact) mass is 586 g/mol. The van der Waals surface area contributed by atoms with Gasteiger partial charge in [0.1, 0.15) is 18.7 Å². The number of hydrogen-bond acceptors (Lipinski definition) is 6. The highest BCUT2D eigenvalue weighted by Crippen LogP contribution is 2.46. The lowest BCUT2D eigenvalue weighted by atomic mass is 9.98. The number of rotatable bonds is 10. The molecule has 2 amide bonds. The molecule has 2 N–H and O–H groups in total. The second kappa shape index (κ2) is 12.2. The van der Waals surface area contributed by atoms with E-state index in [-0.39, 0.29) is 30.4 Å². The Hall–Kier alpha value is -3.82. The van der Waals surface area contributed by atoms with Crippen LogP contribution in [-0.4, -0.2) is 63.9 Å². The van der Waals surface area contributed by atoms with Crippen LogP contribution in [0.2, 0.25) is 0 Å². The summed E-state index contributed by atoms with van der Waals surface area (Å²) < 4.78 is 11.8. The van der Waals surface area contributed by atoms with Gasteiger partial charge in [-0.3, -0.25) is 4.79 Å². The van der Waals surface area contributed by atoms with Gasteiger partial charge in [-0.05, 0) is 53.5 Å². The summed E-state index contributed by atoms with van der Waals surface area (Å²) in [6.45, 7) is 2.06. The first-order valence-electron chi connectivity index (χ1n) is 14.4. The predicted molar refractivity (Wildman–Crippen MR) is 160 cm³/mol. The summed E-state index contributed by atoms with van der Waals surface area (Å²) in [5, 5.41) is 12.5. The van der Waals surface area contributed by atoms with E-state index in [0.29, 0.717) is 5.75 Å². The average molecular weight is 587 g/mol. The Morgan fingerprint density at radius 1 is 0.952 bits per heavy atom. The number of aliphatic carboxylic acids is 1. The summed E-state index contributed by atoms with van der Waals surface area (Å²) in [4.78, 5) is 41.0. The molecule has 4 unspecified atom stereocenters. The van der Waals surface area contributed by atoms with Gasteiger partial charge >= 0.3 is 12.1 Å². The summed E-state index contributed by atoms with van der Waals surface area (Å²) in [5.74, 6) is -1.05. The van der Waals surface area contributed by atoms with Crippen molar-refractivity contribution in [3.63, 3.8) is 0 Å². The molecular weight excluding hydrogens is 552 g/mol. The Kier molecular flexibility index (Phi) is 8.22. The molecule has 0 spiro atoms. The largest absolute Gasteiger partial charge is 0.480 e. The van der Waals surface area contributed by atoms with Gasteiger partial charge < -0.3 is 24.8 Å². The summed E-state index contributed by atoms with van der Waals surface area (Å²) >= 11 is 1.50. The van der Waals surface area contributed by atoms with Crippen molar-refractivity contribution in [2.24, 2.45) is 5.92 Å². The molecule has 2 aliphatic carbocycles. The van der Waals surface area contributed by atoms with E-state index >= 15 is 0 Å². The van der Waals surface area contributed by atoms with Gasteiger partial charge in [0.05, 0.1) is 18.1 Å². The number of alkyl carbamates (subject to hydrolysis) is 1. The number of thioether (sulfide) groups is 1. The molecule has 6 rings (SSSR count).